The molecule has 1 aromatic heterocycles. The van der Waals surface area contributed by atoms with E-state index in [1.54, 1.807) is 12.3 Å². The number of hydrogen-bond donors (Lipinski definition) is 1. The first-order chi connectivity index (χ1) is 8.15. The Bertz CT molecular complexity index is 408. The molecule has 2 rings (SSSR count). The average molecular weight is 250 g/mol. The minimum atomic E-state index is 0.285. The number of nitrogens with zero attached hydrogens (tertiary/aromatic N) is 1. The summed E-state index contributed by atoms with van der Waals surface area (Å²) in [5, 5.41) is 0. The maximum Gasteiger partial charge on any atom is 0.214 e. The van der Waals surface area contributed by atoms with Gasteiger partial charge in [-0.25, -0.2) is 4.98 Å². The molecular weight excluding hydrogens is 232 g/mol. The normalized spacial score (nSPS) is 24.3. The van der Waals surface area contributed by atoms with Gasteiger partial charge in [0.15, 0.2) is 0 Å². The van der Waals surface area contributed by atoms with Crippen molar-refractivity contribution >= 4 is 17.2 Å². The van der Waals surface area contributed by atoms with Gasteiger partial charge in [-0.1, -0.05) is 25.6 Å². The first kappa shape index (κ1) is 12.3. The third kappa shape index (κ3) is 3.40. The molecule has 0 amide bonds. The van der Waals surface area contributed by atoms with E-state index in [9.17, 15) is 0 Å². The summed E-state index contributed by atoms with van der Waals surface area (Å²) in [4.78, 5) is 4.59. The number of hydrogen-bond acceptors (Lipinski definition) is 3. The molecule has 0 saturated heterocycles. The van der Waals surface area contributed by atoms with Crippen LogP contribution < -0.4 is 10.5 Å². The van der Waals surface area contributed by atoms with Gasteiger partial charge in [0.25, 0.3) is 0 Å². The fourth-order valence-corrected chi connectivity index (χ4v) is 2.41. The molecule has 2 N–H and O–H groups in total. The molecule has 0 radical (unpaired) electrons. The molecule has 3 nitrogen and oxygen atoms in total. The molecule has 2 atom stereocenters. The Hall–Kier alpha value is -1.16. The van der Waals surface area contributed by atoms with E-state index in [2.05, 4.69) is 11.9 Å². The summed E-state index contributed by atoms with van der Waals surface area (Å²) in [5.74, 6) is 1.38. The molecule has 92 valence electrons. The van der Waals surface area contributed by atoms with Gasteiger partial charge in [-0.05, 0) is 31.2 Å². The van der Waals surface area contributed by atoms with Crippen LogP contribution in [0.4, 0.5) is 0 Å². The maximum atomic E-state index is 5.89. The average Bonchev–Trinajstić information content (AvgIpc) is 2.29. The van der Waals surface area contributed by atoms with Gasteiger partial charge >= 0.3 is 0 Å². The summed E-state index contributed by atoms with van der Waals surface area (Å²) in [6.45, 7) is 2.27. The molecule has 1 aliphatic carbocycles. The molecular formula is C13H18N2OS. The SMILES string of the molecule is CC1CCCC(Oc2cc(C(N)=S)ccn2)C1. The van der Waals surface area contributed by atoms with Gasteiger partial charge < -0.3 is 10.5 Å². The van der Waals surface area contributed by atoms with Crippen molar-refractivity contribution in [3.8, 4) is 5.88 Å². The predicted molar refractivity (Wildman–Crippen MR) is 72.2 cm³/mol. The number of pyridine rings is 1. The van der Waals surface area contributed by atoms with Crippen LogP contribution in [0.1, 0.15) is 38.2 Å². The third-order valence-corrected chi connectivity index (χ3v) is 3.43. The standard InChI is InChI=1S/C13H18N2OS/c1-9-3-2-4-11(7-9)16-12-8-10(13(14)17)5-6-15-12/h5-6,8-9,11H,2-4,7H2,1H3,(H2,14,17). The number of aromatic nitrogens is 1. The van der Waals surface area contributed by atoms with Crippen molar-refractivity contribution in [3.05, 3.63) is 23.9 Å². The number of thiocarbonyl (C=S) groups is 1. The van der Waals surface area contributed by atoms with Gasteiger partial charge in [-0.2, -0.15) is 0 Å². The minimum absolute atomic E-state index is 0.285. The third-order valence-electron chi connectivity index (χ3n) is 3.20. The topological polar surface area (TPSA) is 48.1 Å². The van der Waals surface area contributed by atoms with Crippen LogP contribution in [0.25, 0.3) is 0 Å². The van der Waals surface area contributed by atoms with Crippen molar-refractivity contribution in [2.75, 3.05) is 0 Å². The molecule has 1 aliphatic rings. The Kier molecular flexibility index (Phi) is 3.94. The second kappa shape index (κ2) is 5.45. The van der Waals surface area contributed by atoms with Crippen LogP contribution in [-0.2, 0) is 0 Å². The van der Waals surface area contributed by atoms with E-state index in [4.69, 9.17) is 22.7 Å². The van der Waals surface area contributed by atoms with Gasteiger partial charge in [-0.15, -0.1) is 0 Å². The van der Waals surface area contributed by atoms with Crippen LogP contribution in [0.5, 0.6) is 5.88 Å². The lowest BCUT2D eigenvalue weighted by Gasteiger charge is -2.26. The van der Waals surface area contributed by atoms with E-state index in [1.165, 1.54) is 12.8 Å². The monoisotopic (exact) mass is 250 g/mol. The van der Waals surface area contributed by atoms with Crippen LogP contribution in [0, 0.1) is 5.92 Å². The first-order valence-corrected chi connectivity index (χ1v) is 6.48. The van der Waals surface area contributed by atoms with Gasteiger partial charge in [0.2, 0.25) is 5.88 Å². The molecule has 0 bridgehead atoms. The summed E-state index contributed by atoms with van der Waals surface area (Å²) >= 11 is 4.94. The van der Waals surface area contributed by atoms with Crippen molar-refractivity contribution in [1.29, 1.82) is 0 Å². The highest BCUT2D eigenvalue weighted by atomic mass is 32.1. The van der Waals surface area contributed by atoms with Crippen molar-refractivity contribution in [2.45, 2.75) is 38.7 Å². The highest BCUT2D eigenvalue weighted by molar-refractivity contribution is 7.80. The lowest BCUT2D eigenvalue weighted by atomic mass is 9.89. The quantitative estimate of drug-likeness (QED) is 0.838. The zero-order chi connectivity index (χ0) is 12.3. The Morgan fingerprint density at radius 1 is 1.53 bits per heavy atom. The molecule has 0 spiro atoms. The van der Waals surface area contributed by atoms with Crippen LogP contribution in [0.2, 0.25) is 0 Å². The summed E-state index contributed by atoms with van der Waals surface area (Å²) in [7, 11) is 0. The Morgan fingerprint density at radius 3 is 3.06 bits per heavy atom. The van der Waals surface area contributed by atoms with Crippen LogP contribution >= 0.6 is 12.2 Å². The molecule has 1 saturated carbocycles. The lowest BCUT2D eigenvalue weighted by molar-refractivity contribution is 0.124. The lowest BCUT2D eigenvalue weighted by Crippen LogP contribution is -2.24. The van der Waals surface area contributed by atoms with Crippen molar-refractivity contribution in [3.63, 3.8) is 0 Å². The molecule has 2 unspecified atom stereocenters. The fraction of sp³-hybridized carbons (Fsp3) is 0.538. The summed E-state index contributed by atoms with van der Waals surface area (Å²) in [6, 6.07) is 3.63. The van der Waals surface area contributed by atoms with Gasteiger partial charge in [0.05, 0.1) is 0 Å². The van der Waals surface area contributed by atoms with Crippen LogP contribution in [0.15, 0.2) is 18.3 Å². The zero-order valence-corrected chi connectivity index (χ0v) is 10.9. The second-order valence-electron chi connectivity index (χ2n) is 4.76. The molecule has 0 aromatic carbocycles. The summed E-state index contributed by atoms with van der Waals surface area (Å²) in [6.07, 6.45) is 6.74. The zero-order valence-electron chi connectivity index (χ0n) is 10.1. The molecule has 1 fully saturated rings. The van der Waals surface area contributed by atoms with Crippen LogP contribution in [0.3, 0.4) is 0 Å². The largest absolute Gasteiger partial charge is 0.474 e. The predicted octanol–water partition coefficient (Wildman–Crippen LogP) is 2.67. The Morgan fingerprint density at radius 2 is 2.35 bits per heavy atom. The number of rotatable bonds is 3. The first-order valence-electron chi connectivity index (χ1n) is 6.07. The Balaban J connectivity index is 2.02. The second-order valence-corrected chi connectivity index (χ2v) is 5.20. The number of nitrogens with two attached hydrogens (primary N) is 1. The van der Waals surface area contributed by atoms with Crippen molar-refractivity contribution in [2.24, 2.45) is 11.7 Å². The molecule has 4 heteroatoms. The van der Waals surface area contributed by atoms with Gasteiger partial charge in [-0.3, -0.25) is 0 Å². The maximum absolute atomic E-state index is 5.89. The molecule has 1 heterocycles. The highest BCUT2D eigenvalue weighted by Gasteiger charge is 2.20. The summed E-state index contributed by atoms with van der Waals surface area (Å²) in [5.41, 5.74) is 6.40. The Labute approximate surface area is 107 Å². The van der Waals surface area contributed by atoms with E-state index >= 15 is 0 Å². The fourth-order valence-electron chi connectivity index (χ4n) is 2.28. The number of ether oxygens (including phenoxy) is 1. The van der Waals surface area contributed by atoms with E-state index in [0.717, 1.165) is 24.3 Å². The smallest absolute Gasteiger partial charge is 0.214 e. The molecule has 1 aromatic rings. The van der Waals surface area contributed by atoms with Gasteiger partial charge in [0.1, 0.15) is 11.1 Å². The van der Waals surface area contributed by atoms with E-state index in [1.807, 2.05) is 6.07 Å². The van der Waals surface area contributed by atoms with Crippen molar-refractivity contribution in [1.82, 2.24) is 4.98 Å². The van der Waals surface area contributed by atoms with Crippen molar-refractivity contribution < 1.29 is 4.74 Å². The van der Waals surface area contributed by atoms with E-state index < -0.39 is 0 Å². The molecule has 0 aliphatic heterocycles. The minimum Gasteiger partial charge on any atom is -0.474 e. The molecule has 17 heavy (non-hydrogen) atoms. The van der Waals surface area contributed by atoms with E-state index in [0.29, 0.717) is 10.9 Å². The van der Waals surface area contributed by atoms with Gasteiger partial charge in [0, 0.05) is 17.8 Å². The highest BCUT2D eigenvalue weighted by Crippen LogP contribution is 2.26. The van der Waals surface area contributed by atoms with E-state index in [-0.39, 0.29) is 6.10 Å². The summed E-state index contributed by atoms with van der Waals surface area (Å²) < 4.78 is 5.89. The van der Waals surface area contributed by atoms with Crippen LogP contribution in [-0.4, -0.2) is 16.1 Å².